The quantitative estimate of drug-likeness (QED) is 0.224. The molecule has 6 rings (SSSR count). The minimum Gasteiger partial charge on any atom is -0.325 e. The highest BCUT2D eigenvalue weighted by atomic mass is 32.2. The molecule has 0 saturated heterocycles. The number of amides is 1. The molecule has 182 valence electrons. The number of carbonyl (C=O) groups is 1. The van der Waals surface area contributed by atoms with E-state index in [0.29, 0.717) is 10.8 Å². The lowest BCUT2D eigenvalue weighted by Gasteiger charge is -2.09. The van der Waals surface area contributed by atoms with Gasteiger partial charge in [-0.2, -0.15) is 5.10 Å². The number of aryl methyl sites for hydroxylation is 3. The number of rotatable bonds is 5. The molecule has 0 radical (unpaired) electrons. The zero-order valence-corrected chi connectivity index (χ0v) is 21.5. The number of hydrogen-bond acceptors (Lipinski definition) is 6. The molecule has 0 fully saturated rings. The number of nitrogens with zero attached hydrogens (tertiary/aromatic N) is 5. The summed E-state index contributed by atoms with van der Waals surface area (Å²) in [5.74, 6) is 0.0915. The van der Waals surface area contributed by atoms with Gasteiger partial charge in [0.05, 0.1) is 22.5 Å². The van der Waals surface area contributed by atoms with E-state index in [1.54, 1.807) is 0 Å². The first kappa shape index (κ1) is 23.1. The molecule has 0 bridgehead atoms. The lowest BCUT2D eigenvalue weighted by Crippen LogP contribution is -2.14. The molecule has 8 heteroatoms. The molecule has 0 unspecified atom stereocenters. The number of fused-ring (bicyclic) bond motifs is 5. The molecule has 1 N–H and O–H groups in total. The van der Waals surface area contributed by atoms with Crippen LogP contribution in [-0.2, 0) is 4.79 Å². The summed E-state index contributed by atoms with van der Waals surface area (Å²) in [5.41, 5.74) is 8.02. The lowest BCUT2D eigenvalue weighted by atomic mass is 10.0. The summed E-state index contributed by atoms with van der Waals surface area (Å²) in [6.45, 7) is 5.92. The first-order valence-corrected chi connectivity index (χ1v) is 13.0. The lowest BCUT2D eigenvalue weighted by molar-refractivity contribution is -0.113. The van der Waals surface area contributed by atoms with Crippen LogP contribution < -0.4 is 5.32 Å². The number of carbonyl (C=O) groups excluding carboxylic acids is 1. The van der Waals surface area contributed by atoms with Crippen LogP contribution in [0.25, 0.3) is 38.7 Å². The van der Waals surface area contributed by atoms with Gasteiger partial charge in [0.2, 0.25) is 5.91 Å². The van der Waals surface area contributed by atoms with Crippen LogP contribution in [0.1, 0.15) is 17.0 Å². The van der Waals surface area contributed by atoms with Crippen molar-refractivity contribution in [3.63, 3.8) is 0 Å². The normalized spacial score (nSPS) is 11.4. The Morgan fingerprint density at radius 2 is 1.59 bits per heavy atom. The van der Waals surface area contributed by atoms with Crippen molar-refractivity contribution in [2.45, 2.75) is 25.9 Å². The Hall–Kier alpha value is -4.30. The van der Waals surface area contributed by atoms with Crippen LogP contribution in [-0.4, -0.2) is 36.2 Å². The maximum atomic E-state index is 12.7. The highest BCUT2D eigenvalue weighted by Crippen LogP contribution is 2.31. The third-order valence-electron chi connectivity index (χ3n) is 6.16. The second-order valence-corrected chi connectivity index (χ2v) is 10.0. The largest absolute Gasteiger partial charge is 0.325 e. The summed E-state index contributed by atoms with van der Waals surface area (Å²) in [6, 6.07) is 24.2. The average Bonchev–Trinajstić information content (AvgIpc) is 3.25. The molecular formula is C29H24N6OS. The molecule has 0 atom stereocenters. The van der Waals surface area contributed by atoms with E-state index in [1.165, 1.54) is 17.3 Å². The van der Waals surface area contributed by atoms with Gasteiger partial charge in [0, 0.05) is 33.4 Å². The number of thioether (sulfide) groups is 1. The molecule has 37 heavy (non-hydrogen) atoms. The molecule has 6 aromatic rings. The van der Waals surface area contributed by atoms with E-state index in [4.69, 9.17) is 10.1 Å². The maximum Gasteiger partial charge on any atom is 0.234 e. The van der Waals surface area contributed by atoms with Gasteiger partial charge in [-0.15, -0.1) is 0 Å². The SMILES string of the molecule is Cc1ccc(-c2nn3c4cc(NC(=O)CSc5nc(C)cc(C)n5)ccc4nc3c3ccccc23)cc1. The Morgan fingerprint density at radius 1 is 0.865 bits per heavy atom. The molecule has 3 heterocycles. The van der Waals surface area contributed by atoms with Crippen LogP contribution in [0, 0.1) is 20.8 Å². The monoisotopic (exact) mass is 504 g/mol. The highest BCUT2D eigenvalue weighted by Gasteiger charge is 2.15. The number of aromatic nitrogens is 5. The van der Waals surface area contributed by atoms with Gasteiger partial charge < -0.3 is 5.32 Å². The number of anilines is 1. The average molecular weight is 505 g/mol. The van der Waals surface area contributed by atoms with Crippen molar-refractivity contribution >= 4 is 50.8 Å². The van der Waals surface area contributed by atoms with Crippen molar-refractivity contribution in [3.8, 4) is 11.3 Å². The minimum absolute atomic E-state index is 0.125. The van der Waals surface area contributed by atoms with E-state index in [0.717, 1.165) is 50.1 Å². The summed E-state index contributed by atoms with van der Waals surface area (Å²) in [7, 11) is 0. The van der Waals surface area contributed by atoms with Crippen molar-refractivity contribution in [2.24, 2.45) is 0 Å². The standard InChI is InChI=1S/C29H24N6OS/c1-17-8-10-20(11-9-17)27-22-6-4-5-7-23(22)28-33-24-13-12-21(15-25(24)35(28)34-27)32-26(36)16-37-29-30-18(2)14-19(3)31-29/h4-15H,16H2,1-3H3,(H,32,36). The van der Waals surface area contributed by atoms with Crippen LogP contribution in [0.15, 0.2) is 78.0 Å². The molecule has 0 aliphatic rings. The first-order chi connectivity index (χ1) is 17.9. The van der Waals surface area contributed by atoms with Gasteiger partial charge in [0.1, 0.15) is 0 Å². The smallest absolute Gasteiger partial charge is 0.234 e. The van der Waals surface area contributed by atoms with Crippen LogP contribution in [0.3, 0.4) is 0 Å². The third-order valence-corrected chi connectivity index (χ3v) is 7.00. The highest BCUT2D eigenvalue weighted by molar-refractivity contribution is 7.99. The first-order valence-electron chi connectivity index (χ1n) is 12.0. The molecule has 3 aromatic heterocycles. The summed E-state index contributed by atoms with van der Waals surface area (Å²) in [5, 5.41) is 10.7. The van der Waals surface area contributed by atoms with Crippen LogP contribution >= 0.6 is 11.8 Å². The van der Waals surface area contributed by atoms with Crippen LogP contribution in [0.5, 0.6) is 0 Å². The summed E-state index contributed by atoms with van der Waals surface area (Å²) >= 11 is 1.32. The molecule has 0 aliphatic heterocycles. The van der Waals surface area contributed by atoms with E-state index in [9.17, 15) is 4.79 Å². The Balaban J connectivity index is 1.36. The predicted octanol–water partition coefficient (Wildman–Crippen LogP) is 6.15. The van der Waals surface area contributed by atoms with Crippen molar-refractivity contribution in [3.05, 3.63) is 89.7 Å². The second kappa shape index (κ2) is 9.29. The van der Waals surface area contributed by atoms with Gasteiger partial charge >= 0.3 is 0 Å². The van der Waals surface area contributed by atoms with Gasteiger partial charge in [-0.25, -0.2) is 19.5 Å². The molecule has 7 nitrogen and oxygen atoms in total. The molecule has 1 amide bonds. The molecule has 3 aromatic carbocycles. The van der Waals surface area contributed by atoms with E-state index >= 15 is 0 Å². The van der Waals surface area contributed by atoms with Crippen molar-refractivity contribution in [2.75, 3.05) is 11.1 Å². The fourth-order valence-electron chi connectivity index (χ4n) is 4.46. The molecular weight excluding hydrogens is 480 g/mol. The van der Waals surface area contributed by atoms with Gasteiger partial charge in [-0.1, -0.05) is 65.9 Å². The summed E-state index contributed by atoms with van der Waals surface area (Å²) in [6.07, 6.45) is 0. The Labute approximate surface area is 218 Å². The van der Waals surface area contributed by atoms with E-state index in [-0.39, 0.29) is 11.7 Å². The Bertz CT molecular complexity index is 1790. The van der Waals surface area contributed by atoms with E-state index in [2.05, 4.69) is 58.6 Å². The molecule has 0 spiro atoms. The van der Waals surface area contributed by atoms with Crippen LogP contribution in [0.2, 0.25) is 0 Å². The summed E-state index contributed by atoms with van der Waals surface area (Å²) < 4.78 is 1.88. The van der Waals surface area contributed by atoms with Crippen molar-refractivity contribution in [1.82, 2.24) is 24.6 Å². The third kappa shape index (κ3) is 4.51. The second-order valence-electron chi connectivity index (χ2n) is 9.08. The van der Waals surface area contributed by atoms with Gasteiger partial charge in [-0.05, 0) is 45.0 Å². The zero-order valence-electron chi connectivity index (χ0n) is 20.7. The number of imidazole rings is 1. The molecule has 0 saturated carbocycles. The topological polar surface area (TPSA) is 85.1 Å². The fourth-order valence-corrected chi connectivity index (χ4v) is 5.21. The van der Waals surface area contributed by atoms with Gasteiger partial charge in [-0.3, -0.25) is 4.79 Å². The Morgan fingerprint density at radius 3 is 2.35 bits per heavy atom. The van der Waals surface area contributed by atoms with Gasteiger partial charge in [0.25, 0.3) is 0 Å². The Kier molecular flexibility index (Phi) is 5.81. The minimum atomic E-state index is -0.125. The van der Waals surface area contributed by atoms with Crippen molar-refractivity contribution in [1.29, 1.82) is 0 Å². The zero-order chi connectivity index (χ0) is 25.5. The number of hydrogen-bond donors (Lipinski definition) is 1. The van der Waals surface area contributed by atoms with Crippen molar-refractivity contribution < 1.29 is 4.79 Å². The van der Waals surface area contributed by atoms with Crippen LogP contribution in [0.4, 0.5) is 5.69 Å². The predicted molar refractivity (Wildman–Crippen MR) is 149 cm³/mol. The number of nitrogens with one attached hydrogen (secondary N) is 1. The van der Waals surface area contributed by atoms with E-state index in [1.807, 2.05) is 54.8 Å². The fraction of sp³-hybridized carbons (Fsp3) is 0.138. The van der Waals surface area contributed by atoms with E-state index < -0.39 is 0 Å². The number of benzene rings is 3. The summed E-state index contributed by atoms with van der Waals surface area (Å²) in [4.78, 5) is 26.4. The maximum absolute atomic E-state index is 12.7. The molecule has 0 aliphatic carbocycles. The van der Waals surface area contributed by atoms with Gasteiger partial charge in [0.15, 0.2) is 10.8 Å².